The number of allylic oxidation sites excluding steroid dienone is 2. The highest BCUT2D eigenvalue weighted by Gasteiger charge is 2.37. The van der Waals surface area contributed by atoms with E-state index >= 15 is 0 Å². The molecule has 0 radical (unpaired) electrons. The van der Waals surface area contributed by atoms with Crippen molar-refractivity contribution in [3.05, 3.63) is 112 Å². The Morgan fingerprint density at radius 1 is 0.806 bits per heavy atom. The maximum absolute atomic E-state index is 14.3. The molecule has 0 aromatic heterocycles. The molecule has 6 heteroatoms. The molecule has 0 saturated heterocycles. The number of ketones is 1. The largest absolute Gasteiger partial charge is 0.293 e. The molecular formula is C25H17F5O. The molecule has 0 fully saturated rings. The minimum Gasteiger partial charge on any atom is -0.293 e. The van der Waals surface area contributed by atoms with Crippen LogP contribution in [0.25, 0.3) is 5.57 Å². The average Bonchev–Trinajstić information content (AvgIpc) is 3.12. The fourth-order valence-electron chi connectivity index (χ4n) is 4.20. The Labute approximate surface area is 175 Å². The fourth-order valence-corrected chi connectivity index (χ4v) is 4.20. The summed E-state index contributed by atoms with van der Waals surface area (Å²) in [6.45, 7) is 1.69. The van der Waals surface area contributed by atoms with Gasteiger partial charge in [-0.15, -0.1) is 0 Å². The Morgan fingerprint density at radius 3 is 2.03 bits per heavy atom. The number of carbonyl (C=O) groups excluding carboxylic acids is 1. The van der Waals surface area contributed by atoms with E-state index in [2.05, 4.69) is 0 Å². The predicted octanol–water partition coefficient (Wildman–Crippen LogP) is 6.76. The van der Waals surface area contributed by atoms with Gasteiger partial charge in [0, 0.05) is 24.0 Å². The molecule has 0 aliphatic heterocycles. The quantitative estimate of drug-likeness (QED) is 0.331. The van der Waals surface area contributed by atoms with E-state index in [1.165, 1.54) is 24.3 Å². The normalized spacial score (nSPS) is 18.2. The molecule has 31 heavy (non-hydrogen) atoms. The summed E-state index contributed by atoms with van der Waals surface area (Å²) < 4.78 is 68.9. The summed E-state index contributed by atoms with van der Waals surface area (Å²) in [5, 5.41) is 0. The minimum absolute atomic E-state index is 0.332. The van der Waals surface area contributed by atoms with Crippen molar-refractivity contribution >= 4 is 11.4 Å². The Hall–Kier alpha value is -3.28. The standard InChI is InChI=1S/C25H17F5O/c1-13-8-17(27)6-7-19(13)20-9-15(14-2-4-16(26)5-3-14)10-21(20)25(31)24-22(29)11-18(28)12-23(24)30/h2-8,10-12,20-21H,9H2,1H3. The van der Waals surface area contributed by atoms with Gasteiger partial charge in [0.25, 0.3) is 0 Å². The molecule has 158 valence electrons. The van der Waals surface area contributed by atoms with Crippen molar-refractivity contribution in [1.82, 2.24) is 0 Å². The molecule has 0 N–H and O–H groups in total. The zero-order valence-electron chi connectivity index (χ0n) is 16.4. The maximum atomic E-state index is 14.3. The molecule has 4 rings (SSSR count). The maximum Gasteiger partial charge on any atom is 0.176 e. The van der Waals surface area contributed by atoms with Crippen LogP contribution in [0, 0.1) is 41.9 Å². The van der Waals surface area contributed by atoms with E-state index in [1.807, 2.05) is 0 Å². The van der Waals surface area contributed by atoms with Crippen LogP contribution in [0.3, 0.4) is 0 Å². The van der Waals surface area contributed by atoms with E-state index < -0.39 is 52.3 Å². The van der Waals surface area contributed by atoms with Gasteiger partial charge in [-0.1, -0.05) is 24.3 Å². The van der Waals surface area contributed by atoms with Gasteiger partial charge in [0.2, 0.25) is 0 Å². The Balaban J connectivity index is 1.81. The van der Waals surface area contributed by atoms with Gasteiger partial charge in [-0.25, -0.2) is 22.0 Å². The van der Waals surface area contributed by atoms with Crippen molar-refractivity contribution in [3.8, 4) is 0 Å². The van der Waals surface area contributed by atoms with E-state index in [9.17, 15) is 26.7 Å². The smallest absolute Gasteiger partial charge is 0.176 e. The van der Waals surface area contributed by atoms with Crippen LogP contribution in [0.15, 0.2) is 60.7 Å². The number of Topliss-reactive ketones (excluding diaryl/α,β-unsaturated/α-hetero) is 1. The highest BCUT2D eigenvalue weighted by Crippen LogP contribution is 2.45. The van der Waals surface area contributed by atoms with Crippen LogP contribution in [-0.4, -0.2) is 5.78 Å². The summed E-state index contributed by atoms with van der Waals surface area (Å²) in [5.74, 6) is -6.84. The third-order valence-electron chi connectivity index (χ3n) is 5.66. The first-order valence-electron chi connectivity index (χ1n) is 9.66. The zero-order chi connectivity index (χ0) is 22.3. The lowest BCUT2D eigenvalue weighted by Gasteiger charge is -2.21. The highest BCUT2D eigenvalue weighted by molar-refractivity contribution is 6.02. The van der Waals surface area contributed by atoms with Gasteiger partial charge in [0.05, 0.1) is 5.56 Å². The van der Waals surface area contributed by atoms with Crippen LogP contribution in [-0.2, 0) is 0 Å². The van der Waals surface area contributed by atoms with Crippen molar-refractivity contribution in [2.45, 2.75) is 19.3 Å². The third kappa shape index (κ3) is 4.02. The molecule has 1 aliphatic carbocycles. The number of aryl methyl sites for hydroxylation is 1. The van der Waals surface area contributed by atoms with Crippen molar-refractivity contribution in [3.63, 3.8) is 0 Å². The molecular weight excluding hydrogens is 411 g/mol. The van der Waals surface area contributed by atoms with Gasteiger partial charge in [-0.05, 0) is 59.9 Å². The van der Waals surface area contributed by atoms with E-state index in [1.54, 1.807) is 31.2 Å². The van der Waals surface area contributed by atoms with Crippen molar-refractivity contribution in [2.75, 3.05) is 0 Å². The molecule has 2 unspecified atom stereocenters. The Morgan fingerprint density at radius 2 is 1.42 bits per heavy atom. The Kier molecular flexibility index (Phi) is 5.48. The highest BCUT2D eigenvalue weighted by atomic mass is 19.2. The minimum atomic E-state index is -1.28. The fraction of sp³-hybridized carbons (Fsp3) is 0.160. The average molecular weight is 428 g/mol. The second-order valence-corrected chi connectivity index (χ2v) is 7.64. The van der Waals surface area contributed by atoms with Crippen LogP contribution >= 0.6 is 0 Å². The molecule has 1 nitrogen and oxygen atoms in total. The van der Waals surface area contributed by atoms with Crippen LogP contribution < -0.4 is 0 Å². The molecule has 3 aromatic rings. The molecule has 0 saturated carbocycles. The lowest BCUT2D eigenvalue weighted by Crippen LogP contribution is -2.21. The third-order valence-corrected chi connectivity index (χ3v) is 5.66. The molecule has 3 aromatic carbocycles. The number of halogens is 5. The summed E-state index contributed by atoms with van der Waals surface area (Å²) in [6.07, 6.45) is 1.93. The molecule has 1 aliphatic rings. The summed E-state index contributed by atoms with van der Waals surface area (Å²) in [4.78, 5) is 13.2. The van der Waals surface area contributed by atoms with E-state index in [0.29, 0.717) is 40.8 Å². The lowest BCUT2D eigenvalue weighted by atomic mass is 9.81. The topological polar surface area (TPSA) is 17.1 Å². The molecule has 0 amide bonds. The SMILES string of the molecule is Cc1cc(F)ccc1C1CC(c2ccc(F)cc2)=CC1C(=O)c1c(F)cc(F)cc1F. The van der Waals surface area contributed by atoms with Gasteiger partial charge in [-0.2, -0.15) is 0 Å². The summed E-state index contributed by atoms with van der Waals surface area (Å²) in [7, 11) is 0. The van der Waals surface area contributed by atoms with E-state index in [4.69, 9.17) is 0 Å². The predicted molar refractivity (Wildman–Crippen MR) is 107 cm³/mol. The number of hydrogen-bond acceptors (Lipinski definition) is 1. The Bertz CT molecular complexity index is 1170. The van der Waals surface area contributed by atoms with Crippen molar-refractivity contribution in [2.24, 2.45) is 5.92 Å². The number of carbonyl (C=O) groups is 1. The first-order chi connectivity index (χ1) is 14.7. The lowest BCUT2D eigenvalue weighted by molar-refractivity contribution is 0.0926. The molecule has 0 heterocycles. The molecule has 2 atom stereocenters. The van der Waals surface area contributed by atoms with Gasteiger partial charge >= 0.3 is 0 Å². The van der Waals surface area contributed by atoms with Gasteiger partial charge in [0.1, 0.15) is 29.1 Å². The first kappa shape index (κ1) is 21.0. The second-order valence-electron chi connectivity index (χ2n) is 7.64. The van der Waals surface area contributed by atoms with Crippen molar-refractivity contribution in [1.29, 1.82) is 0 Å². The molecule has 0 bridgehead atoms. The van der Waals surface area contributed by atoms with Crippen LogP contribution in [0.5, 0.6) is 0 Å². The summed E-state index contributed by atoms with van der Waals surface area (Å²) in [5.41, 5.74) is 1.82. The van der Waals surface area contributed by atoms with Gasteiger partial charge in [0.15, 0.2) is 5.78 Å². The van der Waals surface area contributed by atoms with E-state index in [-0.39, 0.29) is 0 Å². The van der Waals surface area contributed by atoms with Crippen LogP contribution in [0.4, 0.5) is 22.0 Å². The van der Waals surface area contributed by atoms with E-state index in [0.717, 1.165) is 0 Å². The van der Waals surface area contributed by atoms with Crippen LogP contribution in [0.2, 0.25) is 0 Å². The summed E-state index contributed by atoms with van der Waals surface area (Å²) >= 11 is 0. The van der Waals surface area contributed by atoms with Gasteiger partial charge in [-0.3, -0.25) is 4.79 Å². The van der Waals surface area contributed by atoms with Gasteiger partial charge < -0.3 is 0 Å². The number of hydrogen-bond donors (Lipinski definition) is 0. The monoisotopic (exact) mass is 428 g/mol. The second kappa shape index (κ2) is 8.10. The number of rotatable bonds is 4. The summed E-state index contributed by atoms with van der Waals surface area (Å²) in [6, 6.07) is 10.7. The van der Waals surface area contributed by atoms with Crippen LogP contribution in [0.1, 0.15) is 39.4 Å². The number of benzene rings is 3. The molecule has 0 spiro atoms. The zero-order valence-corrected chi connectivity index (χ0v) is 16.4. The van der Waals surface area contributed by atoms with Crippen molar-refractivity contribution < 1.29 is 26.7 Å². The first-order valence-corrected chi connectivity index (χ1v) is 9.66.